The molecule has 12 heteroatoms. The number of aromatic nitrogens is 1. The molecule has 0 radical (unpaired) electrons. The first-order chi connectivity index (χ1) is 14.8. The minimum atomic E-state index is -3.23. The van der Waals surface area contributed by atoms with Crippen LogP contribution in [0.25, 0.3) is 10.6 Å². The number of thiazole rings is 1. The summed E-state index contributed by atoms with van der Waals surface area (Å²) in [6, 6.07) is 8.67. The second-order valence-corrected chi connectivity index (χ2v) is 7.12. The molecule has 8 nitrogen and oxygen atoms in total. The normalized spacial score (nSPS) is 10.7. The van der Waals surface area contributed by atoms with E-state index in [4.69, 9.17) is 21.1 Å². The SMILES string of the molecule is COc1cc(C(=O)OCc2csc(-c3ccccc3Cl)n2)c([N+](=O)[O-])cc1OC(F)F. The van der Waals surface area contributed by atoms with Gasteiger partial charge in [-0.1, -0.05) is 29.8 Å². The number of carbonyl (C=O) groups excluding carboxylic acids is 1. The topological polar surface area (TPSA) is 101 Å². The zero-order chi connectivity index (χ0) is 22.5. The van der Waals surface area contributed by atoms with Gasteiger partial charge in [0.1, 0.15) is 17.2 Å². The van der Waals surface area contributed by atoms with Crippen molar-refractivity contribution in [3.8, 4) is 22.1 Å². The van der Waals surface area contributed by atoms with Crippen molar-refractivity contribution in [1.82, 2.24) is 4.98 Å². The van der Waals surface area contributed by atoms with E-state index in [1.165, 1.54) is 11.3 Å². The van der Waals surface area contributed by atoms with Crippen LogP contribution in [0.3, 0.4) is 0 Å². The summed E-state index contributed by atoms with van der Waals surface area (Å²) in [4.78, 5) is 27.2. The Bertz CT molecular complexity index is 1120. The van der Waals surface area contributed by atoms with Gasteiger partial charge in [0.05, 0.1) is 28.8 Å². The number of alkyl halides is 2. The van der Waals surface area contributed by atoms with Crippen molar-refractivity contribution in [3.63, 3.8) is 0 Å². The van der Waals surface area contributed by atoms with Gasteiger partial charge in [-0.05, 0) is 6.07 Å². The molecule has 0 aliphatic heterocycles. The van der Waals surface area contributed by atoms with Crippen molar-refractivity contribution in [2.24, 2.45) is 0 Å². The van der Waals surface area contributed by atoms with E-state index in [1.807, 2.05) is 0 Å². The molecule has 0 spiro atoms. The summed E-state index contributed by atoms with van der Waals surface area (Å²) < 4.78 is 39.3. The van der Waals surface area contributed by atoms with E-state index in [9.17, 15) is 23.7 Å². The van der Waals surface area contributed by atoms with Crippen molar-refractivity contribution in [2.45, 2.75) is 13.2 Å². The van der Waals surface area contributed by atoms with Crippen molar-refractivity contribution >= 4 is 34.6 Å². The van der Waals surface area contributed by atoms with Gasteiger partial charge in [-0.2, -0.15) is 8.78 Å². The van der Waals surface area contributed by atoms with E-state index in [-0.39, 0.29) is 12.4 Å². The molecule has 0 saturated heterocycles. The Balaban J connectivity index is 1.80. The number of nitrogens with zero attached hydrogens (tertiary/aromatic N) is 2. The van der Waals surface area contributed by atoms with E-state index in [2.05, 4.69) is 9.72 Å². The van der Waals surface area contributed by atoms with Crippen LogP contribution in [0.15, 0.2) is 41.8 Å². The maximum Gasteiger partial charge on any atom is 0.387 e. The highest BCUT2D eigenvalue weighted by molar-refractivity contribution is 7.13. The summed E-state index contributed by atoms with van der Waals surface area (Å²) >= 11 is 7.43. The zero-order valence-electron chi connectivity index (χ0n) is 15.7. The lowest BCUT2D eigenvalue weighted by Crippen LogP contribution is -2.11. The fourth-order valence-electron chi connectivity index (χ4n) is 2.56. The third-order valence-corrected chi connectivity index (χ3v) is 5.18. The molecule has 0 fully saturated rings. The zero-order valence-corrected chi connectivity index (χ0v) is 17.3. The van der Waals surface area contributed by atoms with Crippen molar-refractivity contribution in [3.05, 3.63) is 68.2 Å². The molecule has 3 rings (SSSR count). The average molecular weight is 471 g/mol. The van der Waals surface area contributed by atoms with E-state index >= 15 is 0 Å². The number of benzene rings is 2. The average Bonchev–Trinajstić information content (AvgIpc) is 3.20. The molecule has 0 aliphatic rings. The van der Waals surface area contributed by atoms with E-state index < -0.39 is 34.5 Å². The molecule has 0 aliphatic carbocycles. The summed E-state index contributed by atoms with van der Waals surface area (Å²) in [5.41, 5.74) is -0.135. The van der Waals surface area contributed by atoms with Crippen LogP contribution in [0.1, 0.15) is 16.1 Å². The molecule has 0 bridgehead atoms. The summed E-state index contributed by atoms with van der Waals surface area (Å²) in [6.07, 6.45) is 0. The van der Waals surface area contributed by atoms with Gasteiger partial charge in [-0.15, -0.1) is 11.3 Å². The van der Waals surface area contributed by atoms with Crippen LogP contribution in [0.2, 0.25) is 5.02 Å². The maximum absolute atomic E-state index is 12.5. The molecule has 162 valence electrons. The number of rotatable bonds is 8. The van der Waals surface area contributed by atoms with Crippen LogP contribution in [0.5, 0.6) is 11.5 Å². The molecule has 3 aromatic rings. The third-order valence-electron chi connectivity index (χ3n) is 3.92. The molecule has 31 heavy (non-hydrogen) atoms. The smallest absolute Gasteiger partial charge is 0.387 e. The van der Waals surface area contributed by atoms with E-state index in [0.29, 0.717) is 27.4 Å². The summed E-state index contributed by atoms with van der Waals surface area (Å²) in [5.74, 6) is -1.92. The number of nitro benzene ring substituents is 1. The lowest BCUT2D eigenvalue weighted by Gasteiger charge is -2.11. The number of esters is 1. The molecule has 1 heterocycles. The summed E-state index contributed by atoms with van der Waals surface area (Å²) in [7, 11) is 1.14. The fraction of sp³-hybridized carbons (Fsp3) is 0.158. The second-order valence-electron chi connectivity index (χ2n) is 5.86. The predicted octanol–water partition coefficient (Wildman–Crippen LogP) is 5.34. The number of methoxy groups -OCH3 is 1. The van der Waals surface area contributed by atoms with Gasteiger partial charge in [0.2, 0.25) is 0 Å². The monoisotopic (exact) mass is 470 g/mol. The van der Waals surface area contributed by atoms with E-state index in [0.717, 1.165) is 13.2 Å². The Kier molecular flexibility index (Phi) is 6.98. The Hall–Kier alpha value is -3.31. The molecule has 0 unspecified atom stereocenters. The Morgan fingerprint density at radius 3 is 2.68 bits per heavy atom. The Morgan fingerprint density at radius 1 is 1.29 bits per heavy atom. The third kappa shape index (κ3) is 5.25. The first kappa shape index (κ1) is 22.4. The number of halogens is 3. The van der Waals surface area contributed by atoms with Gasteiger partial charge in [-0.3, -0.25) is 10.1 Å². The number of hydrogen-bond acceptors (Lipinski definition) is 8. The molecule has 0 atom stereocenters. The van der Waals surface area contributed by atoms with Crippen LogP contribution < -0.4 is 9.47 Å². The van der Waals surface area contributed by atoms with Gasteiger partial charge >= 0.3 is 12.6 Å². The minimum Gasteiger partial charge on any atom is -0.493 e. The predicted molar refractivity (Wildman–Crippen MR) is 108 cm³/mol. The van der Waals surface area contributed by atoms with E-state index in [1.54, 1.807) is 29.6 Å². The number of carbonyl (C=O) groups is 1. The quantitative estimate of drug-likeness (QED) is 0.249. The Labute approximate surface area is 183 Å². The standard InChI is InChI=1S/C19H13ClF2N2O6S/c1-28-15-6-12(14(24(26)27)7-16(15)30-19(21)22)18(25)29-8-10-9-31-17(23-10)11-4-2-3-5-13(11)20/h2-7,9,19H,8H2,1H3. The fourth-order valence-corrected chi connectivity index (χ4v) is 3.68. The highest BCUT2D eigenvalue weighted by Crippen LogP contribution is 2.36. The van der Waals surface area contributed by atoms with Gasteiger partial charge in [-0.25, -0.2) is 9.78 Å². The van der Waals surface area contributed by atoms with Gasteiger partial charge in [0, 0.05) is 17.0 Å². The van der Waals surface area contributed by atoms with Crippen molar-refractivity contribution < 1.29 is 32.7 Å². The molecular weight excluding hydrogens is 458 g/mol. The van der Waals surface area contributed by atoms with Crippen LogP contribution in [0, 0.1) is 10.1 Å². The van der Waals surface area contributed by atoms with Crippen LogP contribution in [-0.4, -0.2) is 29.6 Å². The number of nitro groups is 1. The van der Waals surface area contributed by atoms with Gasteiger partial charge < -0.3 is 14.2 Å². The first-order valence-electron chi connectivity index (χ1n) is 8.47. The highest BCUT2D eigenvalue weighted by Gasteiger charge is 2.27. The molecular formula is C19H13ClF2N2O6S. The maximum atomic E-state index is 12.5. The molecule has 0 N–H and O–H groups in total. The number of ether oxygens (including phenoxy) is 3. The molecule has 1 aromatic heterocycles. The molecule has 0 saturated carbocycles. The molecule has 0 amide bonds. The molecule has 2 aromatic carbocycles. The number of hydrogen-bond donors (Lipinski definition) is 0. The second kappa shape index (κ2) is 9.67. The van der Waals surface area contributed by atoms with Gasteiger partial charge in [0.15, 0.2) is 11.5 Å². The van der Waals surface area contributed by atoms with Gasteiger partial charge in [0.25, 0.3) is 5.69 Å². The van der Waals surface area contributed by atoms with Crippen molar-refractivity contribution in [2.75, 3.05) is 7.11 Å². The largest absolute Gasteiger partial charge is 0.493 e. The van der Waals surface area contributed by atoms with Crippen LogP contribution in [0.4, 0.5) is 14.5 Å². The lowest BCUT2D eigenvalue weighted by atomic mass is 10.1. The highest BCUT2D eigenvalue weighted by atomic mass is 35.5. The van der Waals surface area contributed by atoms with Crippen molar-refractivity contribution in [1.29, 1.82) is 0 Å². The first-order valence-corrected chi connectivity index (χ1v) is 9.73. The van der Waals surface area contributed by atoms with Crippen LogP contribution in [-0.2, 0) is 11.3 Å². The van der Waals surface area contributed by atoms with Crippen LogP contribution >= 0.6 is 22.9 Å². The Morgan fingerprint density at radius 2 is 2.03 bits per heavy atom. The lowest BCUT2D eigenvalue weighted by molar-refractivity contribution is -0.385. The minimum absolute atomic E-state index is 0.269. The summed E-state index contributed by atoms with van der Waals surface area (Å²) in [5, 5.41) is 14.1. The summed E-state index contributed by atoms with van der Waals surface area (Å²) in [6.45, 7) is -3.50.